The number of nitrogens with zero attached hydrogens (tertiary/aromatic N) is 2. The Morgan fingerprint density at radius 3 is 2.88 bits per heavy atom. The van der Waals surface area contributed by atoms with Crippen molar-refractivity contribution >= 4 is 32.7 Å². The van der Waals surface area contributed by atoms with E-state index in [1.807, 2.05) is 36.1 Å². The number of aliphatic carboxylic acids is 1. The molecule has 0 fully saturated rings. The third kappa shape index (κ3) is 2.74. The molecule has 0 aliphatic carbocycles. The zero-order chi connectivity index (χ0) is 12.3. The molecule has 1 N–H and O–H groups in total. The van der Waals surface area contributed by atoms with Gasteiger partial charge < -0.3 is 10.0 Å². The van der Waals surface area contributed by atoms with Gasteiger partial charge in [0, 0.05) is 13.1 Å². The van der Waals surface area contributed by atoms with Gasteiger partial charge in [-0.2, -0.15) is 0 Å². The van der Waals surface area contributed by atoms with Crippen molar-refractivity contribution in [3.05, 3.63) is 24.3 Å². The number of aromatic nitrogens is 1. The van der Waals surface area contributed by atoms with E-state index in [4.69, 9.17) is 5.11 Å². The molecule has 1 aromatic heterocycles. The van der Waals surface area contributed by atoms with Crippen molar-refractivity contribution in [3.63, 3.8) is 0 Å². The van der Waals surface area contributed by atoms with Crippen molar-refractivity contribution in [2.75, 3.05) is 18.0 Å². The molecular formula is C12H14N2O2S. The van der Waals surface area contributed by atoms with Crippen LogP contribution in [0.1, 0.15) is 13.3 Å². The molecule has 0 bridgehead atoms. The summed E-state index contributed by atoms with van der Waals surface area (Å²) in [7, 11) is 0. The average Bonchev–Trinajstić information content (AvgIpc) is 2.72. The molecule has 1 heterocycles. The fourth-order valence-corrected chi connectivity index (χ4v) is 2.67. The molecule has 1 aromatic carbocycles. The highest BCUT2D eigenvalue weighted by Crippen LogP contribution is 2.28. The number of thiazole rings is 1. The zero-order valence-corrected chi connectivity index (χ0v) is 10.4. The molecule has 2 aromatic rings. The van der Waals surface area contributed by atoms with Crippen LogP contribution in [0.5, 0.6) is 0 Å². The highest BCUT2D eigenvalue weighted by molar-refractivity contribution is 7.22. The molecule has 0 atom stereocenters. The number of carbonyl (C=O) groups is 1. The van der Waals surface area contributed by atoms with Crippen molar-refractivity contribution in [1.29, 1.82) is 0 Å². The van der Waals surface area contributed by atoms with Gasteiger partial charge in [-0.25, -0.2) is 4.98 Å². The third-order valence-corrected chi connectivity index (χ3v) is 3.63. The van der Waals surface area contributed by atoms with E-state index in [2.05, 4.69) is 4.98 Å². The standard InChI is InChI=1S/C12H14N2O2S/c1-2-14(8-7-11(15)16)12-13-9-5-3-4-6-10(9)17-12/h3-6H,2,7-8H2,1H3,(H,15,16). The second-order valence-electron chi connectivity index (χ2n) is 3.69. The lowest BCUT2D eigenvalue weighted by atomic mass is 10.3. The van der Waals surface area contributed by atoms with Crippen LogP contribution in [-0.2, 0) is 4.79 Å². The van der Waals surface area contributed by atoms with E-state index in [1.54, 1.807) is 11.3 Å². The van der Waals surface area contributed by atoms with Crippen molar-refractivity contribution in [2.45, 2.75) is 13.3 Å². The third-order valence-electron chi connectivity index (χ3n) is 2.53. The van der Waals surface area contributed by atoms with E-state index in [-0.39, 0.29) is 6.42 Å². The molecule has 0 amide bonds. The maximum atomic E-state index is 10.6. The number of carboxylic acids is 1. The molecule has 0 radical (unpaired) electrons. The fourth-order valence-electron chi connectivity index (χ4n) is 1.61. The second kappa shape index (κ2) is 5.14. The first-order chi connectivity index (χ1) is 8.20. The fraction of sp³-hybridized carbons (Fsp3) is 0.333. The quantitative estimate of drug-likeness (QED) is 0.886. The highest BCUT2D eigenvalue weighted by atomic mass is 32.1. The number of benzene rings is 1. The smallest absolute Gasteiger partial charge is 0.305 e. The molecular weight excluding hydrogens is 236 g/mol. The molecule has 0 aliphatic heterocycles. The van der Waals surface area contributed by atoms with E-state index in [9.17, 15) is 4.79 Å². The Kier molecular flexibility index (Phi) is 3.58. The van der Waals surface area contributed by atoms with Crippen LogP contribution < -0.4 is 4.90 Å². The maximum Gasteiger partial charge on any atom is 0.305 e. The van der Waals surface area contributed by atoms with Gasteiger partial charge in [0.1, 0.15) is 0 Å². The molecule has 0 unspecified atom stereocenters. The lowest BCUT2D eigenvalue weighted by molar-refractivity contribution is -0.136. The van der Waals surface area contributed by atoms with Crippen LogP contribution in [0.25, 0.3) is 10.2 Å². The number of hydrogen-bond donors (Lipinski definition) is 1. The predicted molar refractivity (Wildman–Crippen MR) is 69.8 cm³/mol. The number of hydrogen-bond acceptors (Lipinski definition) is 4. The molecule has 0 aliphatic rings. The number of rotatable bonds is 5. The van der Waals surface area contributed by atoms with Crippen LogP contribution >= 0.6 is 11.3 Å². The van der Waals surface area contributed by atoms with Gasteiger partial charge in [-0.05, 0) is 19.1 Å². The molecule has 0 saturated heterocycles. The first-order valence-electron chi connectivity index (χ1n) is 5.53. The summed E-state index contributed by atoms with van der Waals surface area (Å²) < 4.78 is 1.14. The summed E-state index contributed by atoms with van der Waals surface area (Å²) in [5.41, 5.74) is 0.973. The maximum absolute atomic E-state index is 10.6. The predicted octanol–water partition coefficient (Wildman–Crippen LogP) is 2.60. The minimum Gasteiger partial charge on any atom is -0.481 e. The molecule has 0 saturated carbocycles. The Hall–Kier alpha value is -1.62. The molecule has 5 heteroatoms. The van der Waals surface area contributed by atoms with Gasteiger partial charge in [0.05, 0.1) is 16.6 Å². The van der Waals surface area contributed by atoms with Crippen LogP contribution in [-0.4, -0.2) is 29.1 Å². The largest absolute Gasteiger partial charge is 0.481 e. The summed E-state index contributed by atoms with van der Waals surface area (Å²) in [6.45, 7) is 3.28. The summed E-state index contributed by atoms with van der Waals surface area (Å²) in [5.74, 6) is -0.774. The molecule has 90 valence electrons. The summed E-state index contributed by atoms with van der Waals surface area (Å²) in [6, 6.07) is 7.94. The Bertz CT molecular complexity index is 491. The second-order valence-corrected chi connectivity index (χ2v) is 4.70. The number of carboxylic acid groups (broad SMARTS) is 1. The van der Waals surface area contributed by atoms with Crippen LogP contribution in [0.3, 0.4) is 0 Å². The summed E-state index contributed by atoms with van der Waals surface area (Å²) in [5, 5.41) is 9.60. The van der Waals surface area contributed by atoms with Gasteiger partial charge in [0.25, 0.3) is 0 Å². The highest BCUT2D eigenvalue weighted by Gasteiger charge is 2.11. The van der Waals surface area contributed by atoms with E-state index in [0.29, 0.717) is 6.54 Å². The number of fused-ring (bicyclic) bond motifs is 1. The van der Waals surface area contributed by atoms with Gasteiger partial charge in [0.2, 0.25) is 0 Å². The summed E-state index contributed by atoms with van der Waals surface area (Å²) >= 11 is 1.60. The van der Waals surface area contributed by atoms with Gasteiger partial charge >= 0.3 is 5.97 Å². The van der Waals surface area contributed by atoms with Crippen LogP contribution in [0.15, 0.2) is 24.3 Å². The summed E-state index contributed by atoms with van der Waals surface area (Å²) in [4.78, 5) is 17.1. The first kappa shape index (κ1) is 11.9. The average molecular weight is 250 g/mol. The lowest BCUT2D eigenvalue weighted by Gasteiger charge is -2.18. The molecule has 17 heavy (non-hydrogen) atoms. The van der Waals surface area contributed by atoms with Crippen molar-refractivity contribution in [1.82, 2.24) is 4.98 Å². The SMILES string of the molecule is CCN(CCC(=O)O)c1nc2ccccc2s1. The zero-order valence-electron chi connectivity index (χ0n) is 9.59. The molecule has 4 nitrogen and oxygen atoms in total. The van der Waals surface area contributed by atoms with Crippen LogP contribution in [0, 0.1) is 0 Å². The minimum absolute atomic E-state index is 0.143. The Morgan fingerprint density at radius 1 is 1.47 bits per heavy atom. The Morgan fingerprint density at radius 2 is 2.24 bits per heavy atom. The van der Waals surface area contributed by atoms with E-state index in [1.165, 1.54) is 0 Å². The van der Waals surface area contributed by atoms with E-state index in [0.717, 1.165) is 21.9 Å². The van der Waals surface area contributed by atoms with Gasteiger partial charge in [-0.1, -0.05) is 23.5 Å². The first-order valence-corrected chi connectivity index (χ1v) is 6.34. The monoisotopic (exact) mass is 250 g/mol. The lowest BCUT2D eigenvalue weighted by Crippen LogP contribution is -2.25. The minimum atomic E-state index is -0.774. The van der Waals surface area contributed by atoms with Crippen molar-refractivity contribution in [3.8, 4) is 0 Å². The van der Waals surface area contributed by atoms with Crippen molar-refractivity contribution in [2.24, 2.45) is 0 Å². The van der Waals surface area contributed by atoms with Gasteiger partial charge in [0.15, 0.2) is 5.13 Å². The van der Waals surface area contributed by atoms with E-state index >= 15 is 0 Å². The van der Waals surface area contributed by atoms with Crippen molar-refractivity contribution < 1.29 is 9.90 Å². The topological polar surface area (TPSA) is 53.4 Å². The Labute approximate surface area is 104 Å². The normalized spacial score (nSPS) is 10.6. The van der Waals surface area contributed by atoms with Gasteiger partial charge in [-0.15, -0.1) is 0 Å². The molecule has 2 rings (SSSR count). The number of anilines is 1. The van der Waals surface area contributed by atoms with Crippen LogP contribution in [0.4, 0.5) is 5.13 Å². The van der Waals surface area contributed by atoms with Gasteiger partial charge in [-0.3, -0.25) is 4.79 Å². The molecule has 0 spiro atoms. The van der Waals surface area contributed by atoms with Crippen LogP contribution in [0.2, 0.25) is 0 Å². The Balaban J connectivity index is 2.21. The summed E-state index contributed by atoms with van der Waals surface area (Å²) in [6.07, 6.45) is 0.143. The van der Waals surface area contributed by atoms with E-state index < -0.39 is 5.97 Å². The number of para-hydroxylation sites is 1.